The number of benzene rings is 1. The molecule has 0 aliphatic carbocycles. The number of aromatic nitrogens is 1. The zero-order valence-electron chi connectivity index (χ0n) is 9.60. The van der Waals surface area contributed by atoms with Gasteiger partial charge < -0.3 is 15.5 Å². The second kappa shape index (κ2) is 3.79. The van der Waals surface area contributed by atoms with Gasteiger partial charge in [0, 0.05) is 28.7 Å². The number of ether oxygens (including phenoxy) is 1. The number of hydrogen-bond donors (Lipinski definition) is 2. The lowest BCUT2D eigenvalue weighted by Gasteiger charge is -2.06. The highest BCUT2D eigenvalue weighted by Crippen LogP contribution is 2.31. The molecule has 2 aromatic rings. The Balaban J connectivity index is 2.77. The summed E-state index contributed by atoms with van der Waals surface area (Å²) in [5, 5.41) is 0.922. The van der Waals surface area contributed by atoms with Crippen LogP contribution < -0.4 is 10.5 Å². The molecule has 3 N–H and O–H groups in total. The molecule has 0 aliphatic heterocycles. The zero-order chi connectivity index (χ0) is 11.9. The largest absolute Gasteiger partial charge is 0.494 e. The van der Waals surface area contributed by atoms with Gasteiger partial charge in [0.15, 0.2) is 11.6 Å². The van der Waals surface area contributed by atoms with Crippen LogP contribution in [0.2, 0.25) is 0 Å². The van der Waals surface area contributed by atoms with Crippen LogP contribution in [0.25, 0.3) is 10.9 Å². The molecule has 16 heavy (non-hydrogen) atoms. The molecule has 0 bridgehead atoms. The average molecular weight is 222 g/mol. The number of halogens is 1. The maximum Gasteiger partial charge on any atom is 0.167 e. The van der Waals surface area contributed by atoms with E-state index in [1.54, 1.807) is 6.07 Å². The molecule has 3 nitrogen and oxygen atoms in total. The lowest BCUT2D eigenvalue weighted by molar-refractivity contribution is 0.387. The third-order valence-corrected chi connectivity index (χ3v) is 2.76. The minimum Gasteiger partial charge on any atom is -0.494 e. The molecule has 0 fully saturated rings. The number of aryl methyl sites for hydroxylation is 1. The smallest absolute Gasteiger partial charge is 0.167 e. The summed E-state index contributed by atoms with van der Waals surface area (Å²) in [6, 6.07) is 3.03. The molecule has 1 aromatic heterocycles. The predicted octanol–water partition coefficient (Wildman–Crippen LogP) is 2.64. The van der Waals surface area contributed by atoms with Crippen LogP contribution in [0, 0.1) is 12.7 Å². The van der Waals surface area contributed by atoms with Crippen LogP contribution in [-0.4, -0.2) is 12.1 Å². The number of nitrogens with one attached hydrogen (secondary N) is 1. The lowest BCUT2D eigenvalue weighted by atomic mass is 10.0. The molecular weight excluding hydrogens is 207 g/mol. The number of fused-ring (bicyclic) bond motifs is 1. The van der Waals surface area contributed by atoms with Crippen molar-refractivity contribution in [2.24, 2.45) is 5.73 Å². The monoisotopic (exact) mass is 222 g/mol. The molecule has 0 aliphatic rings. The van der Waals surface area contributed by atoms with E-state index >= 15 is 0 Å². The molecule has 0 saturated heterocycles. The second-order valence-corrected chi connectivity index (χ2v) is 3.98. The lowest BCUT2D eigenvalue weighted by Crippen LogP contribution is -2.05. The summed E-state index contributed by atoms with van der Waals surface area (Å²) in [5.74, 6) is -0.124. The summed E-state index contributed by atoms with van der Waals surface area (Å²) >= 11 is 0. The van der Waals surface area contributed by atoms with Crippen LogP contribution in [0.5, 0.6) is 5.75 Å². The highest BCUT2D eigenvalue weighted by atomic mass is 19.1. The quantitative estimate of drug-likeness (QED) is 0.820. The van der Waals surface area contributed by atoms with E-state index in [1.807, 2.05) is 13.8 Å². The Morgan fingerprint density at radius 2 is 2.12 bits per heavy atom. The highest BCUT2D eigenvalue weighted by Gasteiger charge is 2.15. The molecule has 4 heteroatoms. The van der Waals surface area contributed by atoms with E-state index in [1.165, 1.54) is 13.2 Å². The summed E-state index contributed by atoms with van der Waals surface area (Å²) < 4.78 is 18.5. The van der Waals surface area contributed by atoms with Gasteiger partial charge in [0.25, 0.3) is 0 Å². The van der Waals surface area contributed by atoms with Crippen LogP contribution in [0.1, 0.15) is 24.2 Å². The van der Waals surface area contributed by atoms with Gasteiger partial charge in [-0.2, -0.15) is 0 Å². The fourth-order valence-corrected chi connectivity index (χ4v) is 2.09. The third-order valence-electron chi connectivity index (χ3n) is 2.76. The van der Waals surface area contributed by atoms with Crippen molar-refractivity contribution in [3.63, 3.8) is 0 Å². The molecular formula is C12H15FN2O. The van der Waals surface area contributed by atoms with Gasteiger partial charge in [-0.1, -0.05) is 0 Å². The van der Waals surface area contributed by atoms with Gasteiger partial charge in [-0.25, -0.2) is 4.39 Å². The van der Waals surface area contributed by atoms with Crippen molar-refractivity contribution in [2.75, 3.05) is 7.11 Å². The second-order valence-electron chi connectivity index (χ2n) is 3.98. The van der Waals surface area contributed by atoms with Crippen LogP contribution >= 0.6 is 0 Å². The Kier molecular flexibility index (Phi) is 2.59. The minimum atomic E-state index is -0.368. The van der Waals surface area contributed by atoms with E-state index in [-0.39, 0.29) is 17.6 Å². The Morgan fingerprint density at radius 1 is 1.44 bits per heavy atom. The van der Waals surface area contributed by atoms with Crippen LogP contribution in [0.3, 0.4) is 0 Å². The van der Waals surface area contributed by atoms with Gasteiger partial charge in [-0.3, -0.25) is 0 Å². The van der Waals surface area contributed by atoms with Gasteiger partial charge >= 0.3 is 0 Å². The van der Waals surface area contributed by atoms with Crippen LogP contribution in [0.4, 0.5) is 4.39 Å². The van der Waals surface area contributed by atoms with Crippen LogP contribution in [-0.2, 0) is 0 Å². The summed E-state index contributed by atoms with van der Waals surface area (Å²) in [6.07, 6.45) is 0. The Labute approximate surface area is 93.4 Å². The molecule has 1 atom stereocenters. The van der Waals surface area contributed by atoms with Crippen LogP contribution in [0.15, 0.2) is 12.1 Å². The van der Waals surface area contributed by atoms with Gasteiger partial charge in [-0.05, 0) is 25.5 Å². The van der Waals surface area contributed by atoms with Crippen molar-refractivity contribution in [3.8, 4) is 5.75 Å². The number of hydrogen-bond acceptors (Lipinski definition) is 2. The molecule has 0 amide bonds. The Hall–Kier alpha value is -1.55. The predicted molar refractivity (Wildman–Crippen MR) is 62.1 cm³/mol. The van der Waals surface area contributed by atoms with Gasteiger partial charge in [0.1, 0.15) is 0 Å². The van der Waals surface area contributed by atoms with Gasteiger partial charge in [0.2, 0.25) is 0 Å². The summed E-state index contributed by atoms with van der Waals surface area (Å²) in [5.41, 5.74) is 8.63. The average Bonchev–Trinajstić information content (AvgIpc) is 2.51. The summed E-state index contributed by atoms with van der Waals surface area (Å²) in [6.45, 7) is 3.84. The van der Waals surface area contributed by atoms with Crippen molar-refractivity contribution in [3.05, 3.63) is 29.2 Å². The van der Waals surface area contributed by atoms with E-state index in [9.17, 15) is 4.39 Å². The molecule has 1 aromatic carbocycles. The molecule has 1 heterocycles. The maximum atomic E-state index is 13.5. The molecule has 0 saturated carbocycles. The topological polar surface area (TPSA) is 51.0 Å². The molecule has 2 rings (SSSR count). The number of methoxy groups -OCH3 is 1. The fraction of sp³-hybridized carbons (Fsp3) is 0.333. The van der Waals surface area contributed by atoms with Crippen molar-refractivity contribution in [1.29, 1.82) is 0 Å². The number of nitrogens with two attached hydrogens (primary N) is 1. The third kappa shape index (κ3) is 1.55. The number of rotatable bonds is 2. The van der Waals surface area contributed by atoms with E-state index < -0.39 is 0 Å². The van der Waals surface area contributed by atoms with Crippen molar-refractivity contribution < 1.29 is 9.13 Å². The van der Waals surface area contributed by atoms with Crippen molar-refractivity contribution in [1.82, 2.24) is 4.98 Å². The van der Waals surface area contributed by atoms with Crippen molar-refractivity contribution >= 4 is 10.9 Å². The summed E-state index contributed by atoms with van der Waals surface area (Å²) in [7, 11) is 1.45. The Bertz CT molecular complexity index is 531. The fourth-order valence-electron chi connectivity index (χ4n) is 2.09. The Morgan fingerprint density at radius 3 is 2.69 bits per heavy atom. The first kappa shape index (κ1) is 11.0. The summed E-state index contributed by atoms with van der Waals surface area (Å²) in [4.78, 5) is 3.12. The van der Waals surface area contributed by atoms with Gasteiger partial charge in [0.05, 0.1) is 7.11 Å². The number of H-pyrrole nitrogens is 1. The first-order valence-electron chi connectivity index (χ1n) is 5.16. The van der Waals surface area contributed by atoms with E-state index in [2.05, 4.69) is 4.98 Å². The van der Waals surface area contributed by atoms with E-state index in [4.69, 9.17) is 10.5 Å². The first-order chi connectivity index (χ1) is 7.54. The zero-order valence-corrected chi connectivity index (χ0v) is 9.60. The molecule has 1 unspecified atom stereocenters. The standard InChI is InChI=1S/C12H15FN2O/c1-6(14)12-7(2)15-10-5-9(13)11(16-3)4-8(10)12/h4-6,15H,14H2,1-3H3. The van der Waals surface area contributed by atoms with E-state index in [0.29, 0.717) is 0 Å². The minimum absolute atomic E-state index is 0.0936. The normalized spacial score (nSPS) is 13.1. The number of aromatic amines is 1. The molecule has 86 valence electrons. The highest BCUT2D eigenvalue weighted by molar-refractivity contribution is 5.86. The maximum absolute atomic E-state index is 13.5. The molecule has 0 radical (unpaired) electrons. The first-order valence-corrected chi connectivity index (χ1v) is 5.16. The SMILES string of the molecule is COc1cc2c(C(C)N)c(C)[nH]c2cc1F. The van der Waals surface area contributed by atoms with E-state index in [0.717, 1.165) is 22.2 Å². The van der Waals surface area contributed by atoms with Crippen molar-refractivity contribution in [2.45, 2.75) is 19.9 Å². The van der Waals surface area contributed by atoms with Gasteiger partial charge in [-0.15, -0.1) is 0 Å². The molecule has 0 spiro atoms.